The van der Waals surface area contributed by atoms with Crippen molar-refractivity contribution in [2.75, 3.05) is 5.32 Å². The van der Waals surface area contributed by atoms with Gasteiger partial charge in [0.2, 0.25) is 0 Å². The number of anilines is 1. The van der Waals surface area contributed by atoms with E-state index in [-0.39, 0.29) is 5.82 Å². The molecule has 0 amide bonds. The van der Waals surface area contributed by atoms with Gasteiger partial charge in [0.05, 0.1) is 0 Å². The standard InChI is InChI=1S/C14H12BrFIN/c1-9-13(17)3-2-4-14(9)18-8-10-5-6-11(15)7-12(10)16/h2-7,18H,8H2,1H3. The maximum atomic E-state index is 13.7. The van der Waals surface area contributed by atoms with E-state index in [2.05, 4.69) is 56.8 Å². The van der Waals surface area contributed by atoms with E-state index in [0.717, 1.165) is 10.2 Å². The maximum Gasteiger partial charge on any atom is 0.129 e. The van der Waals surface area contributed by atoms with Crippen LogP contribution in [0.3, 0.4) is 0 Å². The van der Waals surface area contributed by atoms with Gasteiger partial charge in [-0.2, -0.15) is 0 Å². The van der Waals surface area contributed by atoms with Crippen LogP contribution in [0.4, 0.5) is 10.1 Å². The van der Waals surface area contributed by atoms with Gasteiger partial charge in [-0.3, -0.25) is 0 Å². The Morgan fingerprint density at radius 1 is 1.28 bits per heavy atom. The number of hydrogen-bond donors (Lipinski definition) is 1. The van der Waals surface area contributed by atoms with E-state index < -0.39 is 0 Å². The van der Waals surface area contributed by atoms with Gasteiger partial charge in [0.1, 0.15) is 5.82 Å². The van der Waals surface area contributed by atoms with Gasteiger partial charge < -0.3 is 5.32 Å². The fourth-order valence-electron chi connectivity index (χ4n) is 1.65. The summed E-state index contributed by atoms with van der Waals surface area (Å²) in [4.78, 5) is 0. The first-order valence-corrected chi connectivity index (χ1v) is 7.38. The van der Waals surface area contributed by atoms with E-state index in [1.807, 2.05) is 18.2 Å². The summed E-state index contributed by atoms with van der Waals surface area (Å²) in [5.74, 6) is -0.194. The lowest BCUT2D eigenvalue weighted by Gasteiger charge is -2.11. The molecule has 2 aromatic carbocycles. The van der Waals surface area contributed by atoms with E-state index in [1.54, 1.807) is 6.07 Å². The number of hydrogen-bond acceptors (Lipinski definition) is 1. The molecule has 1 N–H and O–H groups in total. The summed E-state index contributed by atoms with van der Waals surface area (Å²) < 4.78 is 15.6. The van der Waals surface area contributed by atoms with Crippen LogP contribution in [0, 0.1) is 16.3 Å². The molecular formula is C14H12BrFIN. The fourth-order valence-corrected chi connectivity index (χ4v) is 2.49. The minimum atomic E-state index is -0.194. The SMILES string of the molecule is Cc1c(I)cccc1NCc1ccc(Br)cc1F. The minimum absolute atomic E-state index is 0.194. The Morgan fingerprint density at radius 3 is 2.78 bits per heavy atom. The average molecular weight is 420 g/mol. The molecule has 0 heterocycles. The lowest BCUT2D eigenvalue weighted by molar-refractivity contribution is 0.612. The molecule has 2 aromatic rings. The topological polar surface area (TPSA) is 12.0 Å². The molecule has 0 spiro atoms. The highest BCUT2D eigenvalue weighted by Crippen LogP contribution is 2.22. The molecule has 1 nitrogen and oxygen atoms in total. The second-order valence-corrected chi connectivity index (χ2v) is 6.08. The molecule has 0 aliphatic heterocycles. The maximum absolute atomic E-state index is 13.7. The molecule has 4 heteroatoms. The van der Waals surface area contributed by atoms with Crippen molar-refractivity contribution < 1.29 is 4.39 Å². The smallest absolute Gasteiger partial charge is 0.129 e. The van der Waals surface area contributed by atoms with Gasteiger partial charge >= 0.3 is 0 Å². The summed E-state index contributed by atoms with van der Waals surface area (Å²) in [5.41, 5.74) is 2.90. The van der Waals surface area contributed by atoms with E-state index in [4.69, 9.17) is 0 Å². The van der Waals surface area contributed by atoms with Crippen molar-refractivity contribution >= 4 is 44.2 Å². The van der Waals surface area contributed by atoms with Crippen LogP contribution in [0.15, 0.2) is 40.9 Å². The van der Waals surface area contributed by atoms with Crippen molar-refractivity contribution in [2.45, 2.75) is 13.5 Å². The van der Waals surface area contributed by atoms with E-state index in [0.29, 0.717) is 12.1 Å². The van der Waals surface area contributed by atoms with Gasteiger partial charge in [-0.15, -0.1) is 0 Å². The fraction of sp³-hybridized carbons (Fsp3) is 0.143. The third-order valence-corrected chi connectivity index (χ3v) is 4.41. The second kappa shape index (κ2) is 6.02. The van der Waals surface area contributed by atoms with Crippen LogP contribution < -0.4 is 5.32 Å². The van der Waals surface area contributed by atoms with Crippen molar-refractivity contribution in [1.29, 1.82) is 0 Å². The summed E-state index contributed by atoms with van der Waals surface area (Å²) in [6, 6.07) is 11.2. The zero-order valence-corrected chi connectivity index (χ0v) is 13.5. The number of halogens is 3. The van der Waals surface area contributed by atoms with E-state index in [1.165, 1.54) is 15.2 Å². The normalized spacial score (nSPS) is 10.4. The van der Waals surface area contributed by atoms with Gasteiger partial charge in [-0.25, -0.2) is 4.39 Å². The molecule has 0 atom stereocenters. The third-order valence-electron chi connectivity index (χ3n) is 2.75. The first-order valence-electron chi connectivity index (χ1n) is 5.51. The average Bonchev–Trinajstić information content (AvgIpc) is 2.33. The van der Waals surface area contributed by atoms with Gasteiger partial charge in [0, 0.05) is 25.8 Å². The number of nitrogens with one attached hydrogen (secondary N) is 1. The van der Waals surface area contributed by atoms with Gasteiger partial charge in [0.25, 0.3) is 0 Å². The molecule has 0 aliphatic carbocycles. The highest BCUT2D eigenvalue weighted by molar-refractivity contribution is 14.1. The molecule has 0 fully saturated rings. The van der Waals surface area contributed by atoms with Crippen LogP contribution in [-0.4, -0.2) is 0 Å². The Labute approximate surface area is 128 Å². The molecule has 18 heavy (non-hydrogen) atoms. The van der Waals surface area contributed by atoms with Gasteiger partial charge in [0.15, 0.2) is 0 Å². The second-order valence-electron chi connectivity index (χ2n) is 4.00. The van der Waals surface area contributed by atoms with Crippen LogP contribution >= 0.6 is 38.5 Å². The quantitative estimate of drug-likeness (QED) is 0.681. The minimum Gasteiger partial charge on any atom is -0.381 e. The first kappa shape index (κ1) is 13.8. The van der Waals surface area contributed by atoms with Crippen molar-refractivity contribution in [3.63, 3.8) is 0 Å². The van der Waals surface area contributed by atoms with Crippen LogP contribution in [0.2, 0.25) is 0 Å². The van der Waals surface area contributed by atoms with Crippen molar-refractivity contribution in [3.05, 3.63) is 61.4 Å². The Morgan fingerprint density at radius 2 is 2.06 bits per heavy atom. The number of rotatable bonds is 3. The van der Waals surface area contributed by atoms with Crippen molar-refractivity contribution in [1.82, 2.24) is 0 Å². The highest BCUT2D eigenvalue weighted by atomic mass is 127. The summed E-state index contributed by atoms with van der Waals surface area (Å²) >= 11 is 5.55. The van der Waals surface area contributed by atoms with Crippen molar-refractivity contribution in [3.8, 4) is 0 Å². The molecule has 0 unspecified atom stereocenters. The Balaban J connectivity index is 2.14. The molecule has 0 saturated heterocycles. The van der Waals surface area contributed by atoms with E-state index >= 15 is 0 Å². The third kappa shape index (κ3) is 3.23. The highest BCUT2D eigenvalue weighted by Gasteiger charge is 2.05. The van der Waals surface area contributed by atoms with Crippen molar-refractivity contribution in [2.24, 2.45) is 0 Å². The summed E-state index contributed by atoms with van der Waals surface area (Å²) in [6.45, 7) is 2.54. The Bertz CT molecular complexity index is 572. The summed E-state index contributed by atoms with van der Waals surface area (Å²) in [5, 5.41) is 3.27. The molecule has 0 radical (unpaired) electrons. The summed E-state index contributed by atoms with van der Waals surface area (Å²) in [7, 11) is 0. The zero-order chi connectivity index (χ0) is 13.1. The number of benzene rings is 2. The molecule has 94 valence electrons. The zero-order valence-electron chi connectivity index (χ0n) is 9.81. The molecule has 2 rings (SSSR count). The predicted octanol–water partition coefficient (Wildman–Crippen LogP) is 5.11. The lowest BCUT2D eigenvalue weighted by atomic mass is 10.1. The Kier molecular flexibility index (Phi) is 4.61. The molecule has 0 aromatic heterocycles. The van der Waals surface area contributed by atoms with Gasteiger partial charge in [-0.1, -0.05) is 28.1 Å². The van der Waals surface area contributed by atoms with Crippen LogP contribution in [0.5, 0.6) is 0 Å². The van der Waals surface area contributed by atoms with Crippen LogP contribution in [0.1, 0.15) is 11.1 Å². The summed E-state index contributed by atoms with van der Waals surface area (Å²) in [6.07, 6.45) is 0. The molecule has 0 aliphatic rings. The molecule has 0 bridgehead atoms. The van der Waals surface area contributed by atoms with E-state index in [9.17, 15) is 4.39 Å². The molecule has 0 saturated carbocycles. The predicted molar refractivity (Wildman–Crippen MR) is 85.3 cm³/mol. The lowest BCUT2D eigenvalue weighted by Crippen LogP contribution is -2.03. The Hall–Kier alpha value is -0.620. The van der Waals surface area contributed by atoms with Gasteiger partial charge in [-0.05, 0) is 59.3 Å². The monoisotopic (exact) mass is 419 g/mol. The van der Waals surface area contributed by atoms with Crippen LogP contribution in [0.25, 0.3) is 0 Å². The first-order chi connectivity index (χ1) is 8.58. The van der Waals surface area contributed by atoms with Crippen LogP contribution in [-0.2, 0) is 6.54 Å². The molecular weight excluding hydrogens is 408 g/mol. The largest absolute Gasteiger partial charge is 0.381 e.